The summed E-state index contributed by atoms with van der Waals surface area (Å²) in [5.41, 5.74) is 1.23. The second kappa shape index (κ2) is 9.85. The van der Waals surface area contributed by atoms with Crippen molar-refractivity contribution in [2.75, 3.05) is 25.0 Å². The number of anilines is 1. The molecule has 0 saturated carbocycles. The van der Waals surface area contributed by atoms with Gasteiger partial charge in [0.2, 0.25) is 0 Å². The van der Waals surface area contributed by atoms with E-state index in [2.05, 4.69) is 61.3 Å². The first-order chi connectivity index (χ1) is 9.24. The van der Waals surface area contributed by atoms with Gasteiger partial charge in [-0.3, -0.25) is 0 Å². The highest BCUT2D eigenvalue weighted by atomic mass is 15.1. The van der Waals surface area contributed by atoms with Gasteiger partial charge in [0.1, 0.15) is 0 Å². The summed E-state index contributed by atoms with van der Waals surface area (Å²) in [7, 11) is 0. The molecule has 1 aromatic rings. The van der Waals surface area contributed by atoms with Crippen molar-refractivity contribution in [1.82, 2.24) is 4.90 Å². The first-order valence-electron chi connectivity index (χ1n) is 7.77. The maximum absolute atomic E-state index is 3.48. The Morgan fingerprint density at radius 1 is 1.00 bits per heavy atom. The van der Waals surface area contributed by atoms with E-state index in [1.165, 1.54) is 44.5 Å². The predicted octanol–water partition coefficient (Wildman–Crippen LogP) is 4.39. The lowest BCUT2D eigenvalue weighted by Crippen LogP contribution is -2.33. The van der Waals surface area contributed by atoms with E-state index in [9.17, 15) is 0 Å². The SMILES string of the molecule is CCCCCN(CCCNc1ccccc1)C(C)C. The van der Waals surface area contributed by atoms with Gasteiger partial charge in [0, 0.05) is 24.8 Å². The molecule has 0 aromatic heterocycles. The Morgan fingerprint density at radius 3 is 2.32 bits per heavy atom. The molecule has 0 fully saturated rings. The van der Waals surface area contributed by atoms with Gasteiger partial charge in [-0.2, -0.15) is 0 Å². The van der Waals surface area contributed by atoms with E-state index < -0.39 is 0 Å². The summed E-state index contributed by atoms with van der Waals surface area (Å²) in [5, 5.41) is 3.48. The number of benzene rings is 1. The predicted molar refractivity (Wildman–Crippen MR) is 85.8 cm³/mol. The van der Waals surface area contributed by atoms with Gasteiger partial charge in [-0.25, -0.2) is 0 Å². The summed E-state index contributed by atoms with van der Waals surface area (Å²) in [5.74, 6) is 0. The molecule has 1 N–H and O–H groups in total. The lowest BCUT2D eigenvalue weighted by Gasteiger charge is -2.26. The van der Waals surface area contributed by atoms with Gasteiger partial charge in [-0.15, -0.1) is 0 Å². The molecule has 19 heavy (non-hydrogen) atoms. The van der Waals surface area contributed by atoms with Gasteiger partial charge < -0.3 is 10.2 Å². The molecule has 0 heterocycles. The Balaban J connectivity index is 2.17. The van der Waals surface area contributed by atoms with Crippen molar-refractivity contribution in [3.05, 3.63) is 30.3 Å². The Morgan fingerprint density at radius 2 is 1.68 bits per heavy atom. The monoisotopic (exact) mass is 262 g/mol. The minimum absolute atomic E-state index is 0.661. The summed E-state index contributed by atoms with van der Waals surface area (Å²) < 4.78 is 0. The zero-order valence-corrected chi connectivity index (χ0v) is 12.9. The lowest BCUT2D eigenvalue weighted by molar-refractivity contribution is 0.216. The minimum atomic E-state index is 0.661. The van der Waals surface area contributed by atoms with Crippen LogP contribution in [0.1, 0.15) is 46.5 Å². The number of nitrogens with zero attached hydrogens (tertiary/aromatic N) is 1. The topological polar surface area (TPSA) is 15.3 Å². The van der Waals surface area contributed by atoms with Crippen LogP contribution in [0.5, 0.6) is 0 Å². The van der Waals surface area contributed by atoms with Gasteiger partial charge in [-0.1, -0.05) is 38.0 Å². The molecule has 1 rings (SSSR count). The van der Waals surface area contributed by atoms with Crippen LogP contribution in [-0.2, 0) is 0 Å². The molecule has 0 saturated heterocycles. The van der Waals surface area contributed by atoms with E-state index in [1.54, 1.807) is 0 Å². The average molecular weight is 262 g/mol. The first kappa shape index (κ1) is 16.0. The fourth-order valence-electron chi connectivity index (χ4n) is 2.26. The van der Waals surface area contributed by atoms with Crippen molar-refractivity contribution in [3.8, 4) is 0 Å². The summed E-state index contributed by atoms with van der Waals surface area (Å²) in [6.07, 6.45) is 5.20. The number of hydrogen-bond acceptors (Lipinski definition) is 2. The van der Waals surface area contributed by atoms with Gasteiger partial charge in [-0.05, 0) is 45.4 Å². The standard InChI is InChI=1S/C17H30N2/c1-4-5-9-14-19(16(2)3)15-10-13-18-17-11-7-6-8-12-17/h6-8,11-12,16,18H,4-5,9-10,13-15H2,1-3H3. The van der Waals surface area contributed by atoms with Crippen LogP contribution in [0.15, 0.2) is 30.3 Å². The number of nitrogens with one attached hydrogen (secondary N) is 1. The van der Waals surface area contributed by atoms with Gasteiger partial charge in [0.05, 0.1) is 0 Å². The third kappa shape index (κ3) is 7.22. The third-order valence-corrected chi connectivity index (χ3v) is 3.50. The molecule has 0 bridgehead atoms. The van der Waals surface area contributed by atoms with Crippen LogP contribution in [0, 0.1) is 0 Å². The molecular weight excluding hydrogens is 232 g/mol. The molecule has 2 heteroatoms. The molecule has 0 spiro atoms. The van der Waals surface area contributed by atoms with Crippen LogP contribution >= 0.6 is 0 Å². The molecule has 0 atom stereocenters. The Kier molecular flexibility index (Phi) is 8.31. The smallest absolute Gasteiger partial charge is 0.0340 e. The normalized spacial score (nSPS) is 11.2. The zero-order valence-electron chi connectivity index (χ0n) is 12.9. The number of para-hydroxylation sites is 1. The minimum Gasteiger partial charge on any atom is -0.385 e. The van der Waals surface area contributed by atoms with E-state index in [-0.39, 0.29) is 0 Å². The fourth-order valence-corrected chi connectivity index (χ4v) is 2.26. The maximum atomic E-state index is 3.48. The van der Waals surface area contributed by atoms with Gasteiger partial charge >= 0.3 is 0 Å². The van der Waals surface area contributed by atoms with Crippen molar-refractivity contribution < 1.29 is 0 Å². The van der Waals surface area contributed by atoms with E-state index >= 15 is 0 Å². The quantitative estimate of drug-likeness (QED) is 0.629. The number of unbranched alkanes of at least 4 members (excludes halogenated alkanes) is 2. The Labute approximate surface area is 119 Å². The highest BCUT2D eigenvalue weighted by Crippen LogP contribution is 2.07. The second-order valence-corrected chi connectivity index (χ2v) is 5.48. The van der Waals surface area contributed by atoms with Gasteiger partial charge in [0.25, 0.3) is 0 Å². The van der Waals surface area contributed by atoms with Crippen molar-refractivity contribution in [3.63, 3.8) is 0 Å². The Bertz CT molecular complexity index is 308. The van der Waals surface area contributed by atoms with Crippen molar-refractivity contribution in [2.45, 2.75) is 52.5 Å². The molecule has 2 nitrogen and oxygen atoms in total. The van der Waals surface area contributed by atoms with Crippen LogP contribution < -0.4 is 5.32 Å². The molecule has 0 unspecified atom stereocenters. The highest BCUT2D eigenvalue weighted by Gasteiger charge is 2.07. The molecule has 0 aliphatic heterocycles. The molecule has 108 valence electrons. The maximum Gasteiger partial charge on any atom is 0.0340 e. The molecule has 0 radical (unpaired) electrons. The number of rotatable bonds is 10. The summed E-state index contributed by atoms with van der Waals surface area (Å²) in [6, 6.07) is 11.1. The third-order valence-electron chi connectivity index (χ3n) is 3.50. The summed E-state index contributed by atoms with van der Waals surface area (Å²) >= 11 is 0. The van der Waals surface area contributed by atoms with Gasteiger partial charge in [0.15, 0.2) is 0 Å². The molecule has 0 amide bonds. The number of hydrogen-bond donors (Lipinski definition) is 1. The lowest BCUT2D eigenvalue weighted by atomic mass is 10.2. The van der Waals surface area contributed by atoms with Crippen molar-refractivity contribution >= 4 is 5.69 Å². The molecular formula is C17H30N2. The van der Waals surface area contributed by atoms with E-state index in [0.29, 0.717) is 6.04 Å². The molecule has 1 aromatic carbocycles. The van der Waals surface area contributed by atoms with E-state index in [1.807, 2.05) is 0 Å². The molecule has 0 aliphatic carbocycles. The van der Waals surface area contributed by atoms with E-state index in [0.717, 1.165) is 6.54 Å². The largest absolute Gasteiger partial charge is 0.385 e. The Hall–Kier alpha value is -1.02. The van der Waals surface area contributed by atoms with Crippen LogP contribution in [0.4, 0.5) is 5.69 Å². The van der Waals surface area contributed by atoms with Crippen molar-refractivity contribution in [2.24, 2.45) is 0 Å². The second-order valence-electron chi connectivity index (χ2n) is 5.48. The van der Waals surface area contributed by atoms with Crippen molar-refractivity contribution in [1.29, 1.82) is 0 Å². The fraction of sp³-hybridized carbons (Fsp3) is 0.647. The average Bonchev–Trinajstić information content (AvgIpc) is 2.42. The van der Waals surface area contributed by atoms with E-state index in [4.69, 9.17) is 0 Å². The highest BCUT2D eigenvalue weighted by molar-refractivity contribution is 5.42. The van der Waals surface area contributed by atoms with Crippen LogP contribution in [0.2, 0.25) is 0 Å². The first-order valence-corrected chi connectivity index (χ1v) is 7.77. The van der Waals surface area contributed by atoms with Crippen LogP contribution in [0.25, 0.3) is 0 Å². The molecule has 0 aliphatic rings. The zero-order chi connectivity index (χ0) is 13.9. The van der Waals surface area contributed by atoms with Crippen LogP contribution in [0.3, 0.4) is 0 Å². The summed E-state index contributed by atoms with van der Waals surface area (Å²) in [6.45, 7) is 10.4. The van der Waals surface area contributed by atoms with Crippen LogP contribution in [-0.4, -0.2) is 30.6 Å². The summed E-state index contributed by atoms with van der Waals surface area (Å²) in [4.78, 5) is 2.60.